The van der Waals surface area contributed by atoms with Crippen molar-refractivity contribution in [1.82, 2.24) is 0 Å². The fourth-order valence-corrected chi connectivity index (χ4v) is 2.35. The summed E-state index contributed by atoms with van der Waals surface area (Å²) in [6, 6.07) is 6.89. The minimum absolute atomic E-state index is 0.0195. The van der Waals surface area contributed by atoms with Gasteiger partial charge in [0.2, 0.25) is 0 Å². The average Bonchev–Trinajstić information content (AvgIpc) is 2.88. The summed E-state index contributed by atoms with van der Waals surface area (Å²) >= 11 is 0. The maximum Gasteiger partial charge on any atom is 0.354 e. The summed E-state index contributed by atoms with van der Waals surface area (Å²) in [5.74, 6) is -0.968. The van der Waals surface area contributed by atoms with Crippen LogP contribution >= 0.6 is 0 Å². The van der Waals surface area contributed by atoms with Crippen LogP contribution in [0.3, 0.4) is 0 Å². The first-order valence-corrected chi connectivity index (χ1v) is 7.43. The molecule has 0 spiro atoms. The molecule has 1 unspecified atom stereocenters. The average molecular weight is 320 g/mol. The predicted octanol–water partition coefficient (Wildman–Crippen LogP) is 2.06. The maximum absolute atomic E-state index is 11.9. The predicted molar refractivity (Wildman–Crippen MR) is 84.8 cm³/mol. The standard InChI is InChI=1S/C16H20N2O5/c1-4-22-12-8-6-11(7-9-12)18-16(3,15(20)21)10-13(17-18)14(19)23-5-2/h6-9H,4-5,10H2,1-3H3,(H,20,21). The SMILES string of the molecule is CCOC(=O)C1=NN(c2ccc(OCC)cc2)C(C)(C(=O)O)C1. The number of carboxylic acid groups (broad SMARTS) is 1. The number of anilines is 1. The van der Waals surface area contributed by atoms with Crippen molar-refractivity contribution in [2.24, 2.45) is 5.10 Å². The molecule has 0 fully saturated rings. The number of carbonyl (C=O) groups is 2. The molecule has 1 aliphatic rings. The fourth-order valence-electron chi connectivity index (χ4n) is 2.35. The summed E-state index contributed by atoms with van der Waals surface area (Å²) in [4.78, 5) is 23.6. The van der Waals surface area contributed by atoms with E-state index in [4.69, 9.17) is 9.47 Å². The Balaban J connectivity index is 2.34. The second-order valence-electron chi connectivity index (χ2n) is 5.26. The van der Waals surface area contributed by atoms with E-state index in [9.17, 15) is 14.7 Å². The zero-order valence-corrected chi connectivity index (χ0v) is 13.4. The number of hydrogen-bond donors (Lipinski definition) is 1. The van der Waals surface area contributed by atoms with Gasteiger partial charge in [-0.3, -0.25) is 0 Å². The van der Waals surface area contributed by atoms with Gasteiger partial charge < -0.3 is 14.6 Å². The molecule has 124 valence electrons. The first kappa shape index (κ1) is 16.8. The van der Waals surface area contributed by atoms with Gasteiger partial charge in [0.05, 0.1) is 18.9 Å². The molecule has 0 amide bonds. The largest absolute Gasteiger partial charge is 0.494 e. The van der Waals surface area contributed by atoms with Crippen LogP contribution < -0.4 is 9.75 Å². The molecule has 1 N–H and O–H groups in total. The lowest BCUT2D eigenvalue weighted by atomic mass is 9.95. The molecule has 7 nitrogen and oxygen atoms in total. The van der Waals surface area contributed by atoms with Crippen LogP contribution in [0.1, 0.15) is 27.2 Å². The van der Waals surface area contributed by atoms with Gasteiger partial charge in [-0.1, -0.05) is 0 Å². The topological polar surface area (TPSA) is 88.4 Å². The molecule has 0 aromatic heterocycles. The first-order valence-electron chi connectivity index (χ1n) is 7.43. The van der Waals surface area contributed by atoms with E-state index in [1.807, 2.05) is 6.92 Å². The Hall–Kier alpha value is -2.57. The number of carbonyl (C=O) groups excluding carboxylic acids is 1. The maximum atomic E-state index is 11.9. The smallest absolute Gasteiger partial charge is 0.354 e. The zero-order chi connectivity index (χ0) is 17.0. The molecule has 1 aromatic carbocycles. The van der Waals surface area contributed by atoms with E-state index in [0.29, 0.717) is 18.0 Å². The minimum atomic E-state index is -1.34. The second kappa shape index (κ2) is 6.68. The fraction of sp³-hybridized carbons (Fsp3) is 0.438. The Morgan fingerprint density at radius 2 is 1.91 bits per heavy atom. The highest BCUT2D eigenvalue weighted by Gasteiger charge is 2.48. The quantitative estimate of drug-likeness (QED) is 0.807. The molecule has 1 heterocycles. The van der Waals surface area contributed by atoms with Gasteiger partial charge in [0.25, 0.3) is 0 Å². The van der Waals surface area contributed by atoms with Gasteiger partial charge in [-0.2, -0.15) is 5.10 Å². The van der Waals surface area contributed by atoms with Gasteiger partial charge in [0, 0.05) is 6.42 Å². The molecule has 0 aliphatic carbocycles. The Kier molecular flexibility index (Phi) is 4.88. The zero-order valence-electron chi connectivity index (χ0n) is 13.4. The molecule has 23 heavy (non-hydrogen) atoms. The third kappa shape index (κ3) is 3.28. The Morgan fingerprint density at radius 3 is 2.43 bits per heavy atom. The number of nitrogens with zero attached hydrogens (tertiary/aromatic N) is 2. The molecule has 7 heteroatoms. The van der Waals surface area contributed by atoms with Crippen molar-refractivity contribution >= 4 is 23.3 Å². The number of aliphatic carboxylic acids is 1. The lowest BCUT2D eigenvalue weighted by Crippen LogP contribution is -2.47. The van der Waals surface area contributed by atoms with E-state index >= 15 is 0 Å². The van der Waals surface area contributed by atoms with Gasteiger partial charge in [-0.05, 0) is 45.0 Å². The highest BCUT2D eigenvalue weighted by Crippen LogP contribution is 2.34. The number of carboxylic acids is 1. The van der Waals surface area contributed by atoms with E-state index in [-0.39, 0.29) is 18.7 Å². The Labute approximate surface area is 134 Å². The van der Waals surface area contributed by atoms with E-state index < -0.39 is 17.5 Å². The third-order valence-corrected chi connectivity index (χ3v) is 3.56. The van der Waals surface area contributed by atoms with Crippen molar-refractivity contribution in [3.63, 3.8) is 0 Å². The van der Waals surface area contributed by atoms with Crippen molar-refractivity contribution < 1.29 is 24.2 Å². The van der Waals surface area contributed by atoms with E-state index in [1.165, 1.54) is 11.9 Å². The van der Waals surface area contributed by atoms with Crippen LogP contribution in [-0.2, 0) is 14.3 Å². The number of hydrogen-bond acceptors (Lipinski definition) is 6. The van der Waals surface area contributed by atoms with E-state index in [1.54, 1.807) is 31.2 Å². The van der Waals surface area contributed by atoms with Crippen LogP contribution in [0.2, 0.25) is 0 Å². The molecule has 0 saturated heterocycles. The summed E-state index contributed by atoms with van der Waals surface area (Å²) in [5, 5.41) is 15.1. The van der Waals surface area contributed by atoms with Crippen molar-refractivity contribution in [3.05, 3.63) is 24.3 Å². The molecular formula is C16H20N2O5. The van der Waals surface area contributed by atoms with Crippen LogP contribution in [-0.4, -0.2) is 41.5 Å². The number of ether oxygens (including phenoxy) is 2. The van der Waals surface area contributed by atoms with Crippen LogP contribution in [0.25, 0.3) is 0 Å². The van der Waals surface area contributed by atoms with Crippen LogP contribution in [0.4, 0.5) is 5.69 Å². The summed E-state index contributed by atoms with van der Waals surface area (Å²) in [5.41, 5.74) is -0.668. The third-order valence-electron chi connectivity index (χ3n) is 3.56. The van der Waals surface area contributed by atoms with Gasteiger partial charge in [0.1, 0.15) is 11.5 Å². The molecular weight excluding hydrogens is 300 g/mol. The van der Waals surface area contributed by atoms with Crippen molar-refractivity contribution in [3.8, 4) is 5.75 Å². The minimum Gasteiger partial charge on any atom is -0.494 e. The molecule has 1 aliphatic heterocycles. The van der Waals surface area contributed by atoms with Crippen LogP contribution in [0.5, 0.6) is 5.75 Å². The van der Waals surface area contributed by atoms with Crippen molar-refractivity contribution in [2.75, 3.05) is 18.2 Å². The van der Waals surface area contributed by atoms with E-state index in [0.717, 1.165) is 0 Å². The Bertz CT molecular complexity index is 626. The second-order valence-corrected chi connectivity index (χ2v) is 5.26. The summed E-state index contributed by atoms with van der Waals surface area (Å²) in [6.07, 6.45) is -0.0195. The normalized spacial score (nSPS) is 20.1. The highest BCUT2D eigenvalue weighted by atomic mass is 16.5. The number of hydrazone groups is 1. The van der Waals surface area contributed by atoms with Crippen LogP contribution in [0.15, 0.2) is 29.4 Å². The summed E-state index contributed by atoms with van der Waals surface area (Å²) in [7, 11) is 0. The van der Waals surface area contributed by atoms with Gasteiger partial charge >= 0.3 is 11.9 Å². The number of rotatable bonds is 6. The van der Waals surface area contributed by atoms with Gasteiger partial charge in [-0.15, -0.1) is 0 Å². The summed E-state index contributed by atoms with van der Waals surface area (Å²) in [6.45, 7) is 5.85. The molecule has 0 bridgehead atoms. The monoisotopic (exact) mass is 320 g/mol. The van der Waals surface area contributed by atoms with Crippen molar-refractivity contribution in [1.29, 1.82) is 0 Å². The van der Waals surface area contributed by atoms with Crippen molar-refractivity contribution in [2.45, 2.75) is 32.7 Å². The van der Waals surface area contributed by atoms with E-state index in [2.05, 4.69) is 5.10 Å². The molecule has 1 aromatic rings. The Morgan fingerprint density at radius 1 is 1.26 bits per heavy atom. The number of esters is 1. The summed E-state index contributed by atoms with van der Waals surface area (Å²) < 4.78 is 10.3. The van der Waals surface area contributed by atoms with Crippen LogP contribution in [0, 0.1) is 0 Å². The molecule has 2 rings (SSSR count). The lowest BCUT2D eigenvalue weighted by Gasteiger charge is -2.30. The number of benzene rings is 1. The van der Waals surface area contributed by atoms with Gasteiger partial charge in [0.15, 0.2) is 5.54 Å². The highest BCUT2D eigenvalue weighted by molar-refractivity contribution is 6.38. The molecule has 0 saturated carbocycles. The molecule has 1 atom stereocenters. The molecule has 0 radical (unpaired) electrons. The first-order chi connectivity index (χ1) is 10.9. The van der Waals surface area contributed by atoms with Gasteiger partial charge in [-0.25, -0.2) is 14.6 Å². The lowest BCUT2D eigenvalue weighted by molar-refractivity contribution is -0.142.